The molecule has 3 amide bonds. The van der Waals surface area contributed by atoms with Crippen LogP contribution >= 0.6 is 0 Å². The van der Waals surface area contributed by atoms with Crippen LogP contribution < -0.4 is 16.0 Å². The highest BCUT2D eigenvalue weighted by atomic mass is 32.2. The number of allylic oxidation sites excluding steroid dienone is 1. The summed E-state index contributed by atoms with van der Waals surface area (Å²) in [5, 5.41) is 8.24. The Morgan fingerprint density at radius 2 is 1.81 bits per heavy atom. The Labute approximate surface area is 159 Å². The summed E-state index contributed by atoms with van der Waals surface area (Å²) in [6.45, 7) is 4.15. The van der Waals surface area contributed by atoms with Gasteiger partial charge in [-0.1, -0.05) is 18.2 Å². The number of nitrogens with one attached hydrogen (secondary N) is 3. The maximum atomic E-state index is 12.7. The highest BCUT2D eigenvalue weighted by Gasteiger charge is 2.32. The third-order valence-corrected chi connectivity index (χ3v) is 6.81. The monoisotopic (exact) mass is 392 g/mol. The molecular weight excluding hydrogens is 368 g/mol. The first-order chi connectivity index (χ1) is 12.8. The van der Waals surface area contributed by atoms with E-state index in [2.05, 4.69) is 16.0 Å². The quantitative estimate of drug-likeness (QED) is 0.708. The minimum Gasteiger partial charge on any atom is -0.349 e. The minimum atomic E-state index is -3.50. The molecule has 1 saturated heterocycles. The van der Waals surface area contributed by atoms with Gasteiger partial charge in [-0.25, -0.2) is 13.2 Å². The molecule has 8 nitrogen and oxygen atoms in total. The van der Waals surface area contributed by atoms with Crippen molar-refractivity contribution in [3.63, 3.8) is 0 Å². The van der Waals surface area contributed by atoms with Crippen LogP contribution in [0, 0.1) is 0 Å². The van der Waals surface area contributed by atoms with Gasteiger partial charge in [-0.2, -0.15) is 4.31 Å². The number of rotatable bonds is 4. The first-order valence-electron chi connectivity index (χ1n) is 8.93. The normalized spacial score (nSPS) is 22.1. The van der Waals surface area contributed by atoms with Crippen LogP contribution in [0.1, 0.15) is 26.7 Å². The van der Waals surface area contributed by atoms with E-state index in [1.165, 1.54) is 4.31 Å². The van der Waals surface area contributed by atoms with Gasteiger partial charge in [0.1, 0.15) is 0 Å². The molecule has 2 aliphatic rings. The van der Waals surface area contributed by atoms with Gasteiger partial charge in [0.2, 0.25) is 10.0 Å². The van der Waals surface area contributed by atoms with Gasteiger partial charge in [0, 0.05) is 24.8 Å². The third-order valence-electron chi connectivity index (χ3n) is 4.90. The van der Waals surface area contributed by atoms with Crippen molar-refractivity contribution in [1.29, 1.82) is 0 Å². The van der Waals surface area contributed by atoms with E-state index in [0.29, 0.717) is 37.2 Å². The van der Waals surface area contributed by atoms with Crippen LogP contribution in [0.15, 0.2) is 46.5 Å². The maximum absolute atomic E-state index is 12.7. The molecule has 1 aromatic carbocycles. The second-order valence-electron chi connectivity index (χ2n) is 6.82. The Hall–Kier alpha value is -2.39. The number of carbonyl (C=O) groups is 2. The number of piperidine rings is 1. The van der Waals surface area contributed by atoms with Crippen LogP contribution in [0.4, 0.5) is 4.79 Å². The molecule has 2 aliphatic heterocycles. The summed E-state index contributed by atoms with van der Waals surface area (Å²) in [5.74, 6) is -0.239. The fraction of sp³-hybridized carbons (Fsp3) is 0.444. The maximum Gasteiger partial charge on any atom is 0.319 e. The van der Waals surface area contributed by atoms with Crippen LogP contribution in [0.2, 0.25) is 0 Å². The summed E-state index contributed by atoms with van der Waals surface area (Å²) in [6, 6.07) is 7.55. The molecular formula is C18H24N4O4S. The van der Waals surface area contributed by atoms with E-state index in [-0.39, 0.29) is 28.9 Å². The van der Waals surface area contributed by atoms with Crippen molar-refractivity contribution in [1.82, 2.24) is 20.3 Å². The fourth-order valence-corrected chi connectivity index (χ4v) is 4.97. The molecule has 9 heteroatoms. The lowest BCUT2D eigenvalue weighted by molar-refractivity contribution is -0.118. The van der Waals surface area contributed by atoms with Gasteiger partial charge in [0.05, 0.1) is 16.5 Å². The topological polar surface area (TPSA) is 108 Å². The molecule has 0 aromatic heterocycles. The van der Waals surface area contributed by atoms with E-state index in [1.807, 2.05) is 0 Å². The number of benzene rings is 1. The highest BCUT2D eigenvalue weighted by molar-refractivity contribution is 7.89. The lowest BCUT2D eigenvalue weighted by atomic mass is 10.0. The number of nitrogens with zero attached hydrogens (tertiary/aromatic N) is 1. The molecule has 0 saturated carbocycles. The average molecular weight is 392 g/mol. The van der Waals surface area contributed by atoms with Crippen LogP contribution in [0.5, 0.6) is 0 Å². The van der Waals surface area contributed by atoms with Gasteiger partial charge in [0.15, 0.2) is 0 Å². The van der Waals surface area contributed by atoms with Gasteiger partial charge in [0.25, 0.3) is 5.91 Å². The molecule has 0 radical (unpaired) electrons. The number of hydrogen-bond donors (Lipinski definition) is 3. The zero-order valence-corrected chi connectivity index (χ0v) is 16.2. The summed E-state index contributed by atoms with van der Waals surface area (Å²) in [4.78, 5) is 24.3. The zero-order valence-electron chi connectivity index (χ0n) is 15.4. The second-order valence-corrected chi connectivity index (χ2v) is 8.76. The molecule has 0 aliphatic carbocycles. The molecule has 1 atom stereocenters. The lowest BCUT2D eigenvalue weighted by Gasteiger charge is -2.33. The van der Waals surface area contributed by atoms with Crippen LogP contribution in [-0.2, 0) is 14.8 Å². The lowest BCUT2D eigenvalue weighted by Crippen LogP contribution is -2.52. The number of amides is 3. The molecule has 0 bridgehead atoms. The van der Waals surface area contributed by atoms with Crippen LogP contribution in [0.25, 0.3) is 0 Å². The van der Waals surface area contributed by atoms with Gasteiger partial charge >= 0.3 is 6.03 Å². The Morgan fingerprint density at radius 3 is 2.41 bits per heavy atom. The van der Waals surface area contributed by atoms with Crippen molar-refractivity contribution in [3.05, 3.63) is 41.6 Å². The summed E-state index contributed by atoms with van der Waals surface area (Å²) >= 11 is 0. The highest BCUT2D eigenvalue weighted by Crippen LogP contribution is 2.21. The van der Waals surface area contributed by atoms with Gasteiger partial charge < -0.3 is 16.0 Å². The largest absolute Gasteiger partial charge is 0.349 e. The molecule has 146 valence electrons. The average Bonchev–Trinajstić information content (AvgIpc) is 2.62. The first kappa shape index (κ1) is 19.4. The third kappa shape index (κ3) is 4.14. The van der Waals surface area contributed by atoms with Gasteiger partial charge in [-0.05, 0) is 38.8 Å². The molecule has 27 heavy (non-hydrogen) atoms. The molecule has 3 rings (SSSR count). The minimum absolute atomic E-state index is 0.107. The van der Waals surface area contributed by atoms with Crippen molar-refractivity contribution in [2.45, 2.75) is 43.7 Å². The summed E-state index contributed by atoms with van der Waals surface area (Å²) < 4.78 is 26.8. The van der Waals surface area contributed by atoms with Crippen molar-refractivity contribution in [2.75, 3.05) is 13.1 Å². The van der Waals surface area contributed by atoms with E-state index in [4.69, 9.17) is 0 Å². The SMILES string of the molecule is CC1=C(C(=O)NC2CCN(S(=O)(=O)c3ccccc3)CC2)C(C)NC(=O)N1. The molecule has 1 unspecified atom stereocenters. The molecule has 0 spiro atoms. The standard InChI is InChI=1S/C18H24N4O4S/c1-12-16(13(2)20-18(24)19-12)17(23)21-14-8-10-22(11-9-14)27(25,26)15-6-4-3-5-7-15/h3-7,12,14H,8-11H2,1-2H3,(H,21,23)(H2,19,20,24). The van der Waals surface area contributed by atoms with E-state index >= 15 is 0 Å². The van der Waals surface area contributed by atoms with Crippen molar-refractivity contribution >= 4 is 22.0 Å². The second kappa shape index (κ2) is 7.69. The number of hydrogen-bond acceptors (Lipinski definition) is 4. The Bertz CT molecular complexity index is 859. The van der Waals surface area contributed by atoms with Crippen LogP contribution in [-0.4, -0.2) is 49.8 Å². The van der Waals surface area contributed by atoms with Crippen molar-refractivity contribution in [3.8, 4) is 0 Å². The Kier molecular flexibility index (Phi) is 5.52. The number of carbonyl (C=O) groups excluding carboxylic acids is 2. The number of sulfonamides is 1. The van der Waals surface area contributed by atoms with Gasteiger partial charge in [-0.3, -0.25) is 4.79 Å². The summed E-state index contributed by atoms with van der Waals surface area (Å²) in [6.07, 6.45) is 1.08. The van der Waals surface area contributed by atoms with Crippen molar-refractivity contribution in [2.24, 2.45) is 0 Å². The van der Waals surface area contributed by atoms with E-state index in [0.717, 1.165) is 0 Å². The summed E-state index contributed by atoms with van der Waals surface area (Å²) in [5.41, 5.74) is 1.03. The van der Waals surface area contributed by atoms with E-state index in [1.54, 1.807) is 44.2 Å². The molecule has 2 heterocycles. The van der Waals surface area contributed by atoms with Gasteiger partial charge in [-0.15, -0.1) is 0 Å². The van der Waals surface area contributed by atoms with Crippen LogP contribution in [0.3, 0.4) is 0 Å². The Morgan fingerprint density at radius 1 is 1.19 bits per heavy atom. The summed E-state index contributed by atoms with van der Waals surface area (Å²) in [7, 11) is -3.50. The molecule has 1 fully saturated rings. The Balaban J connectivity index is 1.61. The molecule has 1 aromatic rings. The number of urea groups is 1. The van der Waals surface area contributed by atoms with E-state index in [9.17, 15) is 18.0 Å². The predicted octanol–water partition coefficient (Wildman–Crippen LogP) is 0.931. The predicted molar refractivity (Wildman–Crippen MR) is 100 cm³/mol. The van der Waals surface area contributed by atoms with E-state index < -0.39 is 10.0 Å². The van der Waals surface area contributed by atoms with Crippen molar-refractivity contribution < 1.29 is 18.0 Å². The molecule has 3 N–H and O–H groups in total. The zero-order chi connectivity index (χ0) is 19.6. The first-order valence-corrected chi connectivity index (χ1v) is 10.4. The fourth-order valence-electron chi connectivity index (χ4n) is 3.48. The smallest absolute Gasteiger partial charge is 0.319 e.